The van der Waals surface area contributed by atoms with Crippen LogP contribution in [-0.4, -0.2) is 12.5 Å². The standard InChI is InChI=1S/C10H9IO2/c11-8-9-2-4-10(5-3-9)13-7-1-6-12/h1-5H,7-8H2. The number of hydrogen-bond acceptors (Lipinski definition) is 2. The Morgan fingerprint density at radius 2 is 2.08 bits per heavy atom. The van der Waals surface area contributed by atoms with E-state index in [1.54, 1.807) is 5.94 Å². The van der Waals surface area contributed by atoms with Gasteiger partial charge in [0.15, 0.2) is 0 Å². The second-order valence-electron chi connectivity index (χ2n) is 2.41. The maximum absolute atomic E-state index is 9.83. The quantitative estimate of drug-likeness (QED) is 0.483. The molecule has 0 heterocycles. The molecule has 13 heavy (non-hydrogen) atoms. The predicted molar refractivity (Wildman–Crippen MR) is 59.9 cm³/mol. The van der Waals surface area contributed by atoms with E-state index < -0.39 is 0 Å². The first-order valence-corrected chi connectivity index (χ1v) is 5.36. The molecular weight excluding hydrogens is 279 g/mol. The lowest BCUT2D eigenvalue weighted by Gasteiger charge is -2.02. The molecule has 0 saturated heterocycles. The van der Waals surface area contributed by atoms with Gasteiger partial charge in [-0.05, 0) is 17.7 Å². The smallest absolute Gasteiger partial charge is 0.123 e. The molecule has 0 aliphatic rings. The summed E-state index contributed by atoms with van der Waals surface area (Å²) in [6, 6.07) is 7.80. The zero-order valence-corrected chi connectivity index (χ0v) is 9.15. The Hall–Kier alpha value is -0.800. The van der Waals surface area contributed by atoms with E-state index in [1.807, 2.05) is 24.3 Å². The Kier molecular flexibility index (Phi) is 4.57. The Bertz CT molecular complexity index is 299. The summed E-state index contributed by atoms with van der Waals surface area (Å²) in [5, 5.41) is 0. The number of ether oxygens (including phenoxy) is 1. The van der Waals surface area contributed by atoms with E-state index >= 15 is 0 Å². The Morgan fingerprint density at radius 3 is 2.62 bits per heavy atom. The molecule has 1 aromatic rings. The highest BCUT2D eigenvalue weighted by Crippen LogP contribution is 2.13. The normalized spacial score (nSPS) is 9.00. The van der Waals surface area contributed by atoms with E-state index in [1.165, 1.54) is 11.6 Å². The van der Waals surface area contributed by atoms with E-state index in [4.69, 9.17) is 4.74 Å². The minimum atomic E-state index is 0.285. The lowest BCUT2D eigenvalue weighted by molar-refractivity contribution is 0.363. The Labute approximate surface area is 90.7 Å². The highest BCUT2D eigenvalue weighted by atomic mass is 127. The molecule has 2 nitrogen and oxygen atoms in total. The summed E-state index contributed by atoms with van der Waals surface area (Å²) in [4.78, 5) is 9.83. The van der Waals surface area contributed by atoms with Crippen LogP contribution in [-0.2, 0) is 9.22 Å². The molecule has 0 N–H and O–H groups in total. The molecule has 0 radical (unpaired) electrons. The van der Waals surface area contributed by atoms with Gasteiger partial charge in [0, 0.05) is 10.5 Å². The SMILES string of the molecule is O=C=CCOc1ccc(CI)cc1. The molecule has 0 spiro atoms. The number of rotatable bonds is 4. The third kappa shape index (κ3) is 3.61. The van der Waals surface area contributed by atoms with Gasteiger partial charge >= 0.3 is 0 Å². The van der Waals surface area contributed by atoms with Crippen molar-refractivity contribution in [3.05, 3.63) is 35.9 Å². The molecule has 0 bridgehead atoms. The van der Waals surface area contributed by atoms with Crippen molar-refractivity contribution in [1.82, 2.24) is 0 Å². The molecule has 0 aromatic heterocycles. The number of hydrogen-bond donors (Lipinski definition) is 0. The van der Waals surface area contributed by atoms with Crippen molar-refractivity contribution < 1.29 is 9.53 Å². The number of halogens is 1. The molecule has 1 aromatic carbocycles. The van der Waals surface area contributed by atoms with E-state index in [9.17, 15) is 4.79 Å². The van der Waals surface area contributed by atoms with Crippen molar-refractivity contribution in [3.63, 3.8) is 0 Å². The van der Waals surface area contributed by atoms with Crippen LogP contribution in [0.5, 0.6) is 5.75 Å². The molecule has 0 amide bonds. The van der Waals surface area contributed by atoms with Crippen LogP contribution in [0.3, 0.4) is 0 Å². The summed E-state index contributed by atoms with van der Waals surface area (Å²) in [5.41, 5.74) is 1.26. The van der Waals surface area contributed by atoms with Gasteiger partial charge in [0.2, 0.25) is 0 Å². The summed E-state index contributed by atoms with van der Waals surface area (Å²) in [7, 11) is 0. The fourth-order valence-electron chi connectivity index (χ4n) is 0.847. The van der Waals surface area contributed by atoms with Crippen LogP contribution in [0.1, 0.15) is 5.56 Å². The molecule has 0 unspecified atom stereocenters. The van der Waals surface area contributed by atoms with E-state index in [0.717, 1.165) is 10.2 Å². The third-order valence-corrected chi connectivity index (χ3v) is 2.38. The molecule has 0 aliphatic heterocycles. The zero-order chi connectivity index (χ0) is 9.52. The first-order chi connectivity index (χ1) is 6.36. The van der Waals surface area contributed by atoms with Crippen molar-refractivity contribution in [2.75, 3.05) is 6.61 Å². The topological polar surface area (TPSA) is 26.3 Å². The first-order valence-electron chi connectivity index (χ1n) is 3.84. The maximum atomic E-state index is 9.83. The average molecular weight is 288 g/mol. The molecule has 3 heteroatoms. The van der Waals surface area contributed by atoms with Crippen LogP contribution >= 0.6 is 22.6 Å². The van der Waals surface area contributed by atoms with Crippen LogP contribution in [0.4, 0.5) is 0 Å². The van der Waals surface area contributed by atoms with Crippen molar-refractivity contribution in [3.8, 4) is 5.75 Å². The number of benzene rings is 1. The van der Waals surface area contributed by atoms with Crippen LogP contribution in [0, 0.1) is 0 Å². The van der Waals surface area contributed by atoms with Gasteiger partial charge in [0.1, 0.15) is 18.3 Å². The van der Waals surface area contributed by atoms with Crippen LogP contribution in [0.25, 0.3) is 0 Å². The highest BCUT2D eigenvalue weighted by molar-refractivity contribution is 14.1. The Morgan fingerprint density at radius 1 is 1.38 bits per heavy atom. The maximum Gasteiger partial charge on any atom is 0.123 e. The van der Waals surface area contributed by atoms with Gasteiger partial charge in [-0.25, -0.2) is 4.79 Å². The summed E-state index contributed by atoms with van der Waals surface area (Å²) in [6.07, 6.45) is 1.31. The largest absolute Gasteiger partial charge is 0.489 e. The van der Waals surface area contributed by atoms with Crippen molar-refractivity contribution in [2.45, 2.75) is 4.43 Å². The summed E-state index contributed by atoms with van der Waals surface area (Å²) < 4.78 is 6.22. The summed E-state index contributed by atoms with van der Waals surface area (Å²) in [6.45, 7) is 0.285. The van der Waals surface area contributed by atoms with Crippen molar-refractivity contribution in [2.24, 2.45) is 0 Å². The van der Waals surface area contributed by atoms with Gasteiger partial charge in [0.05, 0.1) is 0 Å². The minimum Gasteiger partial charge on any atom is -0.489 e. The molecule has 1 rings (SSSR count). The summed E-state index contributed by atoms with van der Waals surface area (Å²) >= 11 is 2.30. The minimum absolute atomic E-state index is 0.285. The lowest BCUT2D eigenvalue weighted by Crippen LogP contribution is -1.93. The van der Waals surface area contributed by atoms with Gasteiger partial charge in [-0.2, -0.15) is 0 Å². The predicted octanol–water partition coefficient (Wildman–Crippen LogP) is 2.39. The van der Waals surface area contributed by atoms with E-state index in [2.05, 4.69) is 22.6 Å². The average Bonchev–Trinajstić information content (AvgIpc) is 2.19. The molecule has 68 valence electrons. The number of carbonyl (C=O) groups excluding carboxylic acids is 1. The van der Waals surface area contributed by atoms with Crippen molar-refractivity contribution >= 4 is 28.5 Å². The Balaban J connectivity index is 2.53. The molecule has 0 aliphatic carbocycles. The van der Waals surface area contributed by atoms with Crippen LogP contribution in [0.15, 0.2) is 30.3 Å². The second kappa shape index (κ2) is 5.78. The van der Waals surface area contributed by atoms with Gasteiger partial charge in [-0.1, -0.05) is 34.7 Å². The van der Waals surface area contributed by atoms with Gasteiger partial charge in [-0.3, -0.25) is 0 Å². The van der Waals surface area contributed by atoms with E-state index in [-0.39, 0.29) is 6.61 Å². The fraction of sp³-hybridized carbons (Fsp3) is 0.200. The second-order valence-corrected chi connectivity index (χ2v) is 3.17. The monoisotopic (exact) mass is 288 g/mol. The third-order valence-electron chi connectivity index (χ3n) is 1.49. The number of alkyl halides is 1. The molecule has 0 saturated carbocycles. The van der Waals surface area contributed by atoms with Gasteiger partial charge < -0.3 is 4.74 Å². The summed E-state index contributed by atoms with van der Waals surface area (Å²) in [5.74, 6) is 2.44. The molecular formula is C10H9IO2. The molecule has 0 atom stereocenters. The van der Waals surface area contributed by atoms with Crippen LogP contribution in [0.2, 0.25) is 0 Å². The van der Waals surface area contributed by atoms with Gasteiger partial charge in [-0.15, -0.1) is 0 Å². The lowest BCUT2D eigenvalue weighted by atomic mass is 10.2. The van der Waals surface area contributed by atoms with Crippen molar-refractivity contribution in [1.29, 1.82) is 0 Å². The van der Waals surface area contributed by atoms with Crippen LogP contribution < -0.4 is 4.74 Å². The zero-order valence-electron chi connectivity index (χ0n) is 7.00. The first kappa shape index (κ1) is 10.3. The molecule has 0 fully saturated rings. The highest BCUT2D eigenvalue weighted by Gasteiger charge is 1.92. The van der Waals surface area contributed by atoms with E-state index in [0.29, 0.717) is 0 Å². The fourth-order valence-corrected chi connectivity index (χ4v) is 1.36. The van der Waals surface area contributed by atoms with Gasteiger partial charge in [0.25, 0.3) is 0 Å².